The minimum absolute atomic E-state index is 0.0300. The maximum atomic E-state index is 12.1. The molecule has 0 bridgehead atoms. The molecule has 0 spiro atoms. The van der Waals surface area contributed by atoms with Crippen molar-refractivity contribution in [3.05, 3.63) is 40.8 Å². The van der Waals surface area contributed by atoms with Crippen LogP contribution in [0.5, 0.6) is 0 Å². The molecular weight excluding hydrogens is 298 g/mol. The SMILES string of the molecule is CC(O)(CO)CNS(=O)(=O)c1ccc2oc(=O)ccc2c1. The third-order valence-corrected chi connectivity index (χ3v) is 4.28. The summed E-state index contributed by atoms with van der Waals surface area (Å²) in [5, 5.41) is 19.0. The number of aliphatic hydroxyl groups is 2. The molecule has 1 atom stereocenters. The zero-order valence-electron chi connectivity index (χ0n) is 11.2. The van der Waals surface area contributed by atoms with Crippen molar-refractivity contribution in [3.63, 3.8) is 0 Å². The molecule has 0 saturated heterocycles. The van der Waals surface area contributed by atoms with E-state index in [1.165, 1.54) is 37.3 Å². The molecule has 3 N–H and O–H groups in total. The highest BCUT2D eigenvalue weighted by Crippen LogP contribution is 2.18. The Labute approximate surface area is 120 Å². The monoisotopic (exact) mass is 313 g/mol. The van der Waals surface area contributed by atoms with Crippen LogP contribution in [0.3, 0.4) is 0 Å². The number of fused-ring (bicyclic) bond motifs is 1. The summed E-state index contributed by atoms with van der Waals surface area (Å²) in [5.41, 5.74) is -1.78. The molecular formula is C13H15NO6S. The summed E-state index contributed by atoms with van der Waals surface area (Å²) < 4.78 is 31.3. The smallest absolute Gasteiger partial charge is 0.336 e. The number of rotatable bonds is 5. The molecule has 1 aromatic carbocycles. The fourth-order valence-electron chi connectivity index (χ4n) is 1.61. The maximum Gasteiger partial charge on any atom is 0.336 e. The van der Waals surface area contributed by atoms with E-state index in [2.05, 4.69) is 4.72 Å². The van der Waals surface area contributed by atoms with Crippen molar-refractivity contribution in [1.82, 2.24) is 4.72 Å². The zero-order valence-corrected chi connectivity index (χ0v) is 12.1. The van der Waals surface area contributed by atoms with Crippen LogP contribution < -0.4 is 10.3 Å². The van der Waals surface area contributed by atoms with Gasteiger partial charge < -0.3 is 14.6 Å². The van der Waals surface area contributed by atoms with Gasteiger partial charge in [0.1, 0.15) is 5.58 Å². The van der Waals surface area contributed by atoms with E-state index in [9.17, 15) is 18.3 Å². The quantitative estimate of drug-likeness (QED) is 0.659. The molecule has 0 aliphatic rings. The summed E-state index contributed by atoms with van der Waals surface area (Å²) in [4.78, 5) is 11.0. The van der Waals surface area contributed by atoms with Crippen molar-refractivity contribution in [2.75, 3.05) is 13.2 Å². The average molecular weight is 313 g/mol. The first kappa shape index (κ1) is 15.6. The zero-order chi connectivity index (χ0) is 15.7. The van der Waals surface area contributed by atoms with Gasteiger partial charge in [0.25, 0.3) is 0 Å². The molecule has 1 heterocycles. The molecule has 1 unspecified atom stereocenters. The highest BCUT2D eigenvalue weighted by atomic mass is 32.2. The average Bonchev–Trinajstić information content (AvgIpc) is 2.45. The van der Waals surface area contributed by atoms with Crippen molar-refractivity contribution in [1.29, 1.82) is 0 Å². The Morgan fingerprint density at radius 1 is 1.29 bits per heavy atom. The van der Waals surface area contributed by atoms with E-state index in [0.29, 0.717) is 5.39 Å². The van der Waals surface area contributed by atoms with Gasteiger partial charge in [-0.1, -0.05) is 0 Å². The predicted octanol–water partition coefficient (Wildman–Crippen LogP) is -0.185. The minimum Gasteiger partial charge on any atom is -0.423 e. The van der Waals surface area contributed by atoms with E-state index < -0.39 is 27.9 Å². The van der Waals surface area contributed by atoms with E-state index >= 15 is 0 Å². The van der Waals surface area contributed by atoms with Crippen LogP contribution in [0.1, 0.15) is 6.92 Å². The van der Waals surface area contributed by atoms with Crippen LogP contribution in [-0.2, 0) is 10.0 Å². The number of aliphatic hydroxyl groups excluding tert-OH is 1. The van der Waals surface area contributed by atoms with Gasteiger partial charge in [-0.15, -0.1) is 0 Å². The second kappa shape index (κ2) is 5.57. The van der Waals surface area contributed by atoms with Crippen LogP contribution >= 0.6 is 0 Å². The fraction of sp³-hybridized carbons (Fsp3) is 0.308. The third-order valence-electron chi connectivity index (χ3n) is 2.88. The Bertz CT molecular complexity index is 809. The van der Waals surface area contributed by atoms with E-state index in [-0.39, 0.29) is 17.0 Å². The van der Waals surface area contributed by atoms with Crippen LogP contribution in [0.4, 0.5) is 0 Å². The van der Waals surface area contributed by atoms with E-state index in [4.69, 9.17) is 9.52 Å². The van der Waals surface area contributed by atoms with Crippen LogP contribution in [0, 0.1) is 0 Å². The Balaban J connectivity index is 2.32. The summed E-state index contributed by atoms with van der Waals surface area (Å²) in [6.07, 6.45) is 0. The first-order valence-corrected chi connectivity index (χ1v) is 7.59. The van der Waals surface area contributed by atoms with E-state index in [0.717, 1.165) is 0 Å². The maximum absolute atomic E-state index is 12.1. The lowest BCUT2D eigenvalue weighted by molar-refractivity contribution is 0.00681. The van der Waals surface area contributed by atoms with Crippen LogP contribution in [0.2, 0.25) is 0 Å². The fourth-order valence-corrected chi connectivity index (χ4v) is 2.80. The Morgan fingerprint density at radius 3 is 2.67 bits per heavy atom. The van der Waals surface area contributed by atoms with Crippen molar-refractivity contribution < 1.29 is 23.0 Å². The van der Waals surface area contributed by atoms with Gasteiger partial charge in [0.2, 0.25) is 10.0 Å². The van der Waals surface area contributed by atoms with Crippen LogP contribution in [0.15, 0.2) is 44.4 Å². The van der Waals surface area contributed by atoms with Crippen molar-refractivity contribution in [2.45, 2.75) is 17.4 Å². The van der Waals surface area contributed by atoms with Gasteiger partial charge in [-0.25, -0.2) is 17.9 Å². The van der Waals surface area contributed by atoms with E-state index in [1.807, 2.05) is 0 Å². The topological polar surface area (TPSA) is 117 Å². The number of hydrogen-bond acceptors (Lipinski definition) is 6. The summed E-state index contributed by atoms with van der Waals surface area (Å²) >= 11 is 0. The molecule has 0 amide bonds. The lowest BCUT2D eigenvalue weighted by Gasteiger charge is -2.20. The van der Waals surface area contributed by atoms with Gasteiger partial charge in [-0.05, 0) is 31.2 Å². The summed E-state index contributed by atoms with van der Waals surface area (Å²) in [5.74, 6) is 0. The normalized spacial score (nSPS) is 15.0. The molecule has 2 rings (SSSR count). The number of hydrogen-bond donors (Lipinski definition) is 3. The molecule has 7 nitrogen and oxygen atoms in total. The molecule has 0 aliphatic carbocycles. The van der Waals surface area contributed by atoms with Gasteiger partial charge in [0.15, 0.2) is 0 Å². The second-order valence-corrected chi connectivity index (χ2v) is 6.70. The van der Waals surface area contributed by atoms with Crippen molar-refractivity contribution in [2.24, 2.45) is 0 Å². The molecule has 114 valence electrons. The van der Waals surface area contributed by atoms with Crippen LogP contribution in [-0.4, -0.2) is 37.4 Å². The van der Waals surface area contributed by atoms with Gasteiger partial charge in [0.05, 0.1) is 17.1 Å². The first-order valence-electron chi connectivity index (χ1n) is 6.10. The minimum atomic E-state index is -3.85. The van der Waals surface area contributed by atoms with Gasteiger partial charge >= 0.3 is 5.63 Å². The molecule has 1 aromatic heterocycles. The highest BCUT2D eigenvalue weighted by Gasteiger charge is 2.23. The Hall–Kier alpha value is -1.74. The largest absolute Gasteiger partial charge is 0.423 e. The molecule has 21 heavy (non-hydrogen) atoms. The molecule has 0 fully saturated rings. The number of benzene rings is 1. The molecule has 0 saturated carbocycles. The molecule has 2 aromatic rings. The first-order chi connectivity index (χ1) is 9.73. The van der Waals surface area contributed by atoms with Gasteiger partial charge in [-0.3, -0.25) is 0 Å². The Morgan fingerprint density at radius 2 is 2.00 bits per heavy atom. The van der Waals surface area contributed by atoms with Crippen LogP contribution in [0.25, 0.3) is 11.0 Å². The molecule has 8 heteroatoms. The number of nitrogens with one attached hydrogen (secondary N) is 1. The van der Waals surface area contributed by atoms with Gasteiger partial charge in [0, 0.05) is 18.0 Å². The number of sulfonamides is 1. The predicted molar refractivity (Wildman–Crippen MR) is 75.4 cm³/mol. The lowest BCUT2D eigenvalue weighted by atomic mass is 10.1. The van der Waals surface area contributed by atoms with Crippen molar-refractivity contribution >= 4 is 21.0 Å². The van der Waals surface area contributed by atoms with Crippen molar-refractivity contribution in [3.8, 4) is 0 Å². The highest BCUT2D eigenvalue weighted by molar-refractivity contribution is 7.89. The third kappa shape index (κ3) is 3.67. The van der Waals surface area contributed by atoms with Gasteiger partial charge in [-0.2, -0.15) is 0 Å². The summed E-state index contributed by atoms with van der Waals surface area (Å²) in [6.45, 7) is 0.413. The Kier molecular flexibility index (Phi) is 4.15. The standard InChI is InChI=1S/C13H15NO6S/c1-13(17,8-15)7-14-21(18,19)10-3-4-11-9(6-10)2-5-12(16)20-11/h2-6,14-15,17H,7-8H2,1H3. The summed E-state index contributed by atoms with van der Waals surface area (Å²) in [7, 11) is -3.85. The molecule has 0 aliphatic heterocycles. The second-order valence-electron chi connectivity index (χ2n) is 4.93. The van der Waals surface area contributed by atoms with E-state index in [1.54, 1.807) is 0 Å². The lowest BCUT2D eigenvalue weighted by Crippen LogP contribution is -2.43. The summed E-state index contributed by atoms with van der Waals surface area (Å²) in [6, 6.07) is 6.69. The molecule has 0 radical (unpaired) electrons.